The first kappa shape index (κ1) is 16.2. The summed E-state index contributed by atoms with van der Waals surface area (Å²) < 4.78 is 3.38. The normalized spacial score (nSPS) is 11.4. The van der Waals surface area contributed by atoms with E-state index in [4.69, 9.17) is 4.98 Å². The Balaban J connectivity index is 1.93. The molecular weight excluding hydrogens is 356 g/mol. The van der Waals surface area contributed by atoms with Crippen molar-refractivity contribution in [3.63, 3.8) is 0 Å². The van der Waals surface area contributed by atoms with Crippen molar-refractivity contribution < 1.29 is 4.92 Å². The van der Waals surface area contributed by atoms with E-state index in [2.05, 4.69) is 0 Å². The fourth-order valence-electron chi connectivity index (χ4n) is 3.58. The average Bonchev–Trinajstić information content (AvgIpc) is 3.02. The van der Waals surface area contributed by atoms with Crippen LogP contribution in [0.15, 0.2) is 77.6 Å². The van der Waals surface area contributed by atoms with Crippen molar-refractivity contribution >= 4 is 33.4 Å². The summed E-state index contributed by atoms with van der Waals surface area (Å²) >= 11 is 0. The van der Waals surface area contributed by atoms with Gasteiger partial charge in [-0.1, -0.05) is 42.5 Å². The topological polar surface area (TPSA) is 82.4 Å². The van der Waals surface area contributed by atoms with E-state index in [1.54, 1.807) is 24.3 Å². The maximum absolute atomic E-state index is 13.2. The molecule has 0 N–H and O–H groups in total. The molecule has 0 aliphatic heterocycles. The minimum absolute atomic E-state index is 0.0636. The van der Waals surface area contributed by atoms with Crippen molar-refractivity contribution in [2.45, 2.75) is 6.54 Å². The van der Waals surface area contributed by atoms with Gasteiger partial charge in [0.1, 0.15) is 0 Å². The highest BCUT2D eigenvalue weighted by Gasteiger charge is 2.18. The van der Waals surface area contributed by atoms with Crippen LogP contribution in [0.3, 0.4) is 0 Å². The predicted octanol–water partition coefficient (Wildman–Crippen LogP) is 3.76. The second-order valence-electron chi connectivity index (χ2n) is 6.57. The van der Waals surface area contributed by atoms with Crippen LogP contribution in [0.1, 0.15) is 5.56 Å². The zero-order chi connectivity index (χ0) is 19.3. The summed E-state index contributed by atoms with van der Waals surface area (Å²) in [4.78, 5) is 28.7. The van der Waals surface area contributed by atoms with E-state index >= 15 is 0 Å². The van der Waals surface area contributed by atoms with E-state index in [9.17, 15) is 14.9 Å². The summed E-state index contributed by atoms with van der Waals surface area (Å²) in [5.74, 6) is 0.461. The van der Waals surface area contributed by atoms with Crippen LogP contribution in [0.5, 0.6) is 0 Å². The molecule has 0 spiro atoms. The molecule has 2 aromatic heterocycles. The summed E-state index contributed by atoms with van der Waals surface area (Å²) in [6.45, 7) is 0.496. The van der Waals surface area contributed by atoms with Gasteiger partial charge in [0, 0.05) is 12.1 Å². The molecule has 0 aliphatic rings. The maximum atomic E-state index is 13.2. The number of para-hydroxylation sites is 1. The predicted molar refractivity (Wildman–Crippen MR) is 107 cm³/mol. The average molecular weight is 370 g/mol. The number of nitro benzene ring substituents is 1. The molecule has 0 amide bonds. The minimum atomic E-state index is -0.459. The number of fused-ring (bicyclic) bond motifs is 4. The lowest BCUT2D eigenvalue weighted by atomic mass is 10.2. The number of hydrogen-bond donors (Lipinski definition) is 0. The third-order valence-corrected chi connectivity index (χ3v) is 4.88. The van der Waals surface area contributed by atoms with Crippen LogP contribution in [0.4, 0.5) is 5.69 Å². The van der Waals surface area contributed by atoms with Gasteiger partial charge in [0.15, 0.2) is 0 Å². The molecule has 0 atom stereocenters. The number of nitro groups is 1. The first-order chi connectivity index (χ1) is 13.6. The number of rotatable bonds is 3. The summed E-state index contributed by atoms with van der Waals surface area (Å²) in [7, 11) is 0. The van der Waals surface area contributed by atoms with Crippen LogP contribution in [-0.4, -0.2) is 18.9 Å². The molecule has 28 heavy (non-hydrogen) atoms. The molecule has 0 saturated heterocycles. The van der Waals surface area contributed by atoms with Gasteiger partial charge < -0.3 is 4.57 Å². The molecule has 0 aliphatic carbocycles. The van der Waals surface area contributed by atoms with Crippen molar-refractivity contribution in [3.05, 3.63) is 98.8 Å². The summed E-state index contributed by atoms with van der Waals surface area (Å²) in [6.07, 6.45) is 0. The van der Waals surface area contributed by atoms with Crippen molar-refractivity contribution in [1.29, 1.82) is 0 Å². The molecule has 3 aromatic carbocycles. The summed E-state index contributed by atoms with van der Waals surface area (Å²) in [5.41, 5.74) is 2.53. The highest BCUT2D eigenvalue weighted by Crippen LogP contribution is 2.25. The third-order valence-electron chi connectivity index (χ3n) is 4.88. The summed E-state index contributed by atoms with van der Waals surface area (Å²) in [5, 5.41) is 11.7. The monoisotopic (exact) mass is 370 g/mol. The molecule has 0 unspecified atom stereocenters. The van der Waals surface area contributed by atoms with Gasteiger partial charge in [0.05, 0.1) is 33.4 Å². The second-order valence-corrected chi connectivity index (χ2v) is 6.57. The van der Waals surface area contributed by atoms with Crippen molar-refractivity contribution in [2.75, 3.05) is 0 Å². The molecular formula is C21H14N4O3. The van der Waals surface area contributed by atoms with E-state index in [0.29, 0.717) is 34.3 Å². The number of hydrogen-bond acceptors (Lipinski definition) is 4. The molecule has 7 heteroatoms. The molecule has 7 nitrogen and oxygen atoms in total. The van der Waals surface area contributed by atoms with Gasteiger partial charge in [-0.2, -0.15) is 0 Å². The van der Waals surface area contributed by atoms with Crippen LogP contribution in [0.2, 0.25) is 0 Å². The number of aromatic nitrogens is 3. The quantitative estimate of drug-likeness (QED) is 0.358. The maximum Gasteiger partial charge on any atom is 0.271 e. The first-order valence-electron chi connectivity index (χ1n) is 8.75. The van der Waals surface area contributed by atoms with Crippen molar-refractivity contribution in [1.82, 2.24) is 14.0 Å². The number of imidazole rings is 1. The zero-order valence-corrected chi connectivity index (χ0v) is 14.6. The van der Waals surface area contributed by atoms with Gasteiger partial charge in [0.25, 0.3) is 11.2 Å². The lowest BCUT2D eigenvalue weighted by molar-refractivity contribution is -0.384. The Morgan fingerprint density at radius 3 is 2.46 bits per heavy atom. The van der Waals surface area contributed by atoms with Gasteiger partial charge in [-0.3, -0.25) is 14.9 Å². The molecule has 0 bridgehead atoms. The third kappa shape index (κ3) is 2.37. The highest BCUT2D eigenvalue weighted by molar-refractivity contribution is 5.87. The molecule has 5 aromatic rings. The number of non-ortho nitro benzene ring substituents is 1. The van der Waals surface area contributed by atoms with E-state index in [1.165, 1.54) is 16.5 Å². The molecule has 0 radical (unpaired) electrons. The molecule has 2 heterocycles. The van der Waals surface area contributed by atoms with Gasteiger partial charge in [0.2, 0.25) is 5.78 Å². The van der Waals surface area contributed by atoms with E-state index in [0.717, 1.165) is 5.56 Å². The molecule has 5 rings (SSSR count). The largest absolute Gasteiger partial charge is 0.305 e. The van der Waals surface area contributed by atoms with Gasteiger partial charge in [-0.25, -0.2) is 9.38 Å². The van der Waals surface area contributed by atoms with Crippen LogP contribution in [0.25, 0.3) is 27.7 Å². The Bertz CT molecular complexity index is 1430. The van der Waals surface area contributed by atoms with Crippen molar-refractivity contribution in [3.8, 4) is 0 Å². The van der Waals surface area contributed by atoms with E-state index < -0.39 is 4.92 Å². The van der Waals surface area contributed by atoms with Gasteiger partial charge in [-0.15, -0.1) is 0 Å². The number of nitrogens with zero attached hydrogens (tertiary/aromatic N) is 4. The lowest BCUT2D eigenvalue weighted by Crippen LogP contribution is -2.15. The zero-order valence-electron chi connectivity index (χ0n) is 14.6. The Morgan fingerprint density at radius 2 is 1.68 bits per heavy atom. The molecule has 136 valence electrons. The van der Waals surface area contributed by atoms with Crippen LogP contribution in [-0.2, 0) is 6.54 Å². The molecule has 0 saturated carbocycles. The van der Waals surface area contributed by atoms with Gasteiger partial charge >= 0.3 is 0 Å². The SMILES string of the molecule is O=c1c2ccccc2nc2n(Cc3ccccc3)c3ccc([N+](=O)[O-])cc3n12. The fourth-order valence-corrected chi connectivity index (χ4v) is 3.58. The number of benzene rings is 3. The van der Waals surface area contributed by atoms with Crippen molar-refractivity contribution in [2.24, 2.45) is 0 Å². The standard InChI is InChI=1S/C21H14N4O3/c26-20-16-8-4-5-9-17(16)22-21-23(13-14-6-2-1-3-7-14)18-11-10-15(25(27)28)12-19(18)24(20)21/h1-12H,13H2. The Hall–Kier alpha value is -4.00. The smallest absolute Gasteiger partial charge is 0.271 e. The van der Waals surface area contributed by atoms with Crippen LogP contribution >= 0.6 is 0 Å². The summed E-state index contributed by atoms with van der Waals surface area (Å²) in [6, 6.07) is 21.5. The first-order valence-corrected chi connectivity index (χ1v) is 8.75. The molecule has 0 fully saturated rings. The second kappa shape index (κ2) is 6.02. The van der Waals surface area contributed by atoms with Crippen LogP contribution < -0.4 is 5.56 Å². The Kier molecular flexibility index (Phi) is 3.48. The van der Waals surface area contributed by atoms with Crippen LogP contribution in [0, 0.1) is 10.1 Å². The fraction of sp³-hybridized carbons (Fsp3) is 0.0476. The van der Waals surface area contributed by atoms with E-state index in [-0.39, 0.29) is 11.2 Å². The Morgan fingerprint density at radius 1 is 0.929 bits per heavy atom. The van der Waals surface area contributed by atoms with Gasteiger partial charge in [-0.05, 0) is 23.8 Å². The Labute approximate surface area is 158 Å². The highest BCUT2D eigenvalue weighted by atomic mass is 16.6. The lowest BCUT2D eigenvalue weighted by Gasteiger charge is -2.06. The minimum Gasteiger partial charge on any atom is -0.305 e. The van der Waals surface area contributed by atoms with E-state index in [1.807, 2.05) is 41.0 Å².